The van der Waals surface area contributed by atoms with Gasteiger partial charge in [-0.3, -0.25) is 0 Å². The quantitative estimate of drug-likeness (QED) is 0.755. The van der Waals surface area contributed by atoms with Crippen LogP contribution in [-0.4, -0.2) is 35.6 Å². The molecule has 2 rings (SSSR count). The van der Waals surface area contributed by atoms with Gasteiger partial charge in [0.1, 0.15) is 11.6 Å². The van der Waals surface area contributed by atoms with E-state index in [0.717, 1.165) is 31.9 Å². The van der Waals surface area contributed by atoms with Gasteiger partial charge in [0.25, 0.3) is 0 Å². The Bertz CT molecular complexity index is 439. The third-order valence-electron chi connectivity index (χ3n) is 3.06. The zero-order valence-corrected chi connectivity index (χ0v) is 12.0. The Morgan fingerprint density at radius 2 is 2.16 bits per heavy atom. The molecule has 1 atom stereocenters. The second kappa shape index (κ2) is 5.21. The number of nitrogens with zero attached hydrogens (tertiary/aromatic N) is 3. The van der Waals surface area contributed by atoms with Gasteiger partial charge in [-0.05, 0) is 11.8 Å². The van der Waals surface area contributed by atoms with Gasteiger partial charge >= 0.3 is 0 Å². The maximum Gasteiger partial charge on any atom is 0.226 e. The zero-order valence-electron chi connectivity index (χ0n) is 12.0. The van der Waals surface area contributed by atoms with Crippen molar-refractivity contribution in [2.45, 2.75) is 33.2 Å². The Morgan fingerprint density at radius 1 is 1.42 bits per heavy atom. The first-order valence-corrected chi connectivity index (χ1v) is 6.72. The first-order chi connectivity index (χ1) is 8.83. The second-order valence-electron chi connectivity index (χ2n) is 6.38. The van der Waals surface area contributed by atoms with E-state index in [1.54, 1.807) is 6.07 Å². The van der Waals surface area contributed by atoms with Gasteiger partial charge in [0.2, 0.25) is 5.95 Å². The molecule has 106 valence electrons. The molecule has 19 heavy (non-hydrogen) atoms. The van der Waals surface area contributed by atoms with Gasteiger partial charge in [-0.1, -0.05) is 20.8 Å². The van der Waals surface area contributed by atoms with Crippen molar-refractivity contribution in [3.8, 4) is 0 Å². The third kappa shape index (κ3) is 3.96. The highest BCUT2D eigenvalue weighted by Crippen LogP contribution is 2.21. The lowest BCUT2D eigenvalue weighted by Gasteiger charge is -2.21. The molecular formula is C13H24N6. The van der Waals surface area contributed by atoms with Gasteiger partial charge in [0, 0.05) is 31.7 Å². The zero-order chi connectivity index (χ0) is 14.0. The molecule has 0 aliphatic carbocycles. The van der Waals surface area contributed by atoms with Crippen LogP contribution in [0.1, 0.15) is 27.2 Å². The maximum atomic E-state index is 5.92. The van der Waals surface area contributed by atoms with Crippen LogP contribution in [-0.2, 0) is 0 Å². The molecule has 1 aliphatic rings. The van der Waals surface area contributed by atoms with E-state index in [4.69, 9.17) is 11.5 Å². The van der Waals surface area contributed by atoms with Crippen molar-refractivity contribution in [1.82, 2.24) is 9.97 Å². The Kier molecular flexibility index (Phi) is 3.80. The van der Waals surface area contributed by atoms with Crippen LogP contribution in [0.25, 0.3) is 0 Å². The molecule has 5 N–H and O–H groups in total. The topological polar surface area (TPSA) is 93.1 Å². The van der Waals surface area contributed by atoms with Gasteiger partial charge in [0.15, 0.2) is 0 Å². The van der Waals surface area contributed by atoms with Crippen LogP contribution in [0.5, 0.6) is 0 Å². The van der Waals surface area contributed by atoms with Crippen molar-refractivity contribution in [2.75, 3.05) is 35.6 Å². The fourth-order valence-electron chi connectivity index (χ4n) is 2.03. The SMILES string of the molecule is CC(C)(C)CNc1nc(N)cc(N2CC[C@@H](N)C2)n1. The molecule has 1 aliphatic heterocycles. The highest BCUT2D eigenvalue weighted by atomic mass is 15.3. The summed E-state index contributed by atoms with van der Waals surface area (Å²) in [5, 5.41) is 3.24. The van der Waals surface area contributed by atoms with Crippen LogP contribution in [0, 0.1) is 5.41 Å². The predicted molar refractivity (Wildman–Crippen MR) is 79.2 cm³/mol. The minimum absolute atomic E-state index is 0.171. The monoisotopic (exact) mass is 264 g/mol. The summed E-state index contributed by atoms with van der Waals surface area (Å²) in [5.41, 5.74) is 11.9. The Balaban J connectivity index is 2.11. The minimum atomic E-state index is 0.171. The molecule has 6 heteroatoms. The summed E-state index contributed by atoms with van der Waals surface area (Å²) in [6, 6.07) is 2.03. The lowest BCUT2D eigenvalue weighted by atomic mass is 9.97. The number of nitrogens with one attached hydrogen (secondary N) is 1. The highest BCUT2D eigenvalue weighted by molar-refractivity contribution is 5.52. The van der Waals surface area contributed by atoms with Crippen LogP contribution >= 0.6 is 0 Å². The lowest BCUT2D eigenvalue weighted by Crippen LogP contribution is -2.27. The first-order valence-electron chi connectivity index (χ1n) is 6.72. The van der Waals surface area contributed by atoms with Gasteiger partial charge in [-0.25, -0.2) is 0 Å². The lowest BCUT2D eigenvalue weighted by molar-refractivity contribution is 0.442. The molecule has 0 amide bonds. The van der Waals surface area contributed by atoms with Crippen molar-refractivity contribution in [1.29, 1.82) is 0 Å². The van der Waals surface area contributed by atoms with Crippen LogP contribution in [0.3, 0.4) is 0 Å². The average molecular weight is 264 g/mol. The molecule has 2 heterocycles. The number of anilines is 3. The van der Waals surface area contributed by atoms with Crippen LogP contribution in [0.15, 0.2) is 6.07 Å². The molecule has 1 aromatic rings. The molecule has 1 fully saturated rings. The number of hydrogen-bond donors (Lipinski definition) is 3. The van der Waals surface area contributed by atoms with E-state index in [0.29, 0.717) is 11.8 Å². The molecule has 1 aromatic heterocycles. The largest absolute Gasteiger partial charge is 0.383 e. The normalized spacial score (nSPS) is 19.8. The molecular weight excluding hydrogens is 240 g/mol. The van der Waals surface area contributed by atoms with Gasteiger partial charge in [-0.15, -0.1) is 0 Å². The molecule has 6 nitrogen and oxygen atoms in total. The smallest absolute Gasteiger partial charge is 0.226 e. The van der Waals surface area contributed by atoms with Crippen molar-refractivity contribution in [2.24, 2.45) is 11.1 Å². The third-order valence-corrected chi connectivity index (χ3v) is 3.06. The van der Waals surface area contributed by atoms with E-state index < -0.39 is 0 Å². The summed E-state index contributed by atoms with van der Waals surface area (Å²) in [6.07, 6.45) is 0.995. The van der Waals surface area contributed by atoms with E-state index in [9.17, 15) is 0 Å². The van der Waals surface area contributed by atoms with Crippen LogP contribution in [0.4, 0.5) is 17.6 Å². The van der Waals surface area contributed by atoms with E-state index in [2.05, 4.69) is 41.0 Å². The summed E-state index contributed by atoms with van der Waals surface area (Å²) >= 11 is 0. The highest BCUT2D eigenvalue weighted by Gasteiger charge is 2.21. The summed E-state index contributed by atoms with van der Waals surface area (Å²) in [4.78, 5) is 10.9. The molecule has 0 saturated carbocycles. The number of nitrogen functional groups attached to an aromatic ring is 1. The Hall–Kier alpha value is -1.56. The van der Waals surface area contributed by atoms with E-state index >= 15 is 0 Å². The van der Waals surface area contributed by atoms with Crippen LogP contribution < -0.4 is 21.7 Å². The number of rotatable bonds is 3. The molecule has 0 unspecified atom stereocenters. The van der Waals surface area contributed by atoms with Gasteiger partial charge in [-0.2, -0.15) is 9.97 Å². The number of aromatic nitrogens is 2. The molecule has 0 spiro atoms. The Morgan fingerprint density at radius 3 is 2.74 bits per heavy atom. The molecule has 1 saturated heterocycles. The summed E-state index contributed by atoms with van der Waals surface area (Å²) in [6.45, 7) is 9.03. The predicted octanol–water partition coefficient (Wildman–Crippen LogP) is 1.05. The van der Waals surface area contributed by atoms with Crippen molar-refractivity contribution < 1.29 is 0 Å². The number of nitrogens with two attached hydrogens (primary N) is 2. The molecule has 0 radical (unpaired) electrons. The standard InChI is InChI=1S/C13H24N6/c1-13(2,3)8-16-12-17-10(15)6-11(18-12)19-5-4-9(14)7-19/h6,9H,4-5,7-8,14H2,1-3H3,(H3,15,16,17,18)/t9-/m1/s1. The van der Waals surface area contributed by atoms with Crippen molar-refractivity contribution >= 4 is 17.6 Å². The van der Waals surface area contributed by atoms with Gasteiger partial charge < -0.3 is 21.7 Å². The second-order valence-corrected chi connectivity index (χ2v) is 6.38. The first kappa shape index (κ1) is 13.9. The van der Waals surface area contributed by atoms with Crippen molar-refractivity contribution in [3.05, 3.63) is 6.07 Å². The van der Waals surface area contributed by atoms with E-state index in [1.165, 1.54) is 0 Å². The molecule has 0 aromatic carbocycles. The maximum absolute atomic E-state index is 5.92. The average Bonchev–Trinajstić information content (AvgIpc) is 2.72. The fourth-order valence-corrected chi connectivity index (χ4v) is 2.03. The van der Waals surface area contributed by atoms with E-state index in [1.807, 2.05) is 0 Å². The van der Waals surface area contributed by atoms with Crippen LogP contribution in [0.2, 0.25) is 0 Å². The van der Waals surface area contributed by atoms with Gasteiger partial charge in [0.05, 0.1) is 0 Å². The Labute approximate surface area is 114 Å². The summed E-state index contributed by atoms with van der Waals surface area (Å²) < 4.78 is 0. The van der Waals surface area contributed by atoms with Crippen molar-refractivity contribution in [3.63, 3.8) is 0 Å². The molecule has 0 bridgehead atoms. The minimum Gasteiger partial charge on any atom is -0.383 e. The summed E-state index contributed by atoms with van der Waals surface area (Å²) in [7, 11) is 0. The number of hydrogen-bond acceptors (Lipinski definition) is 6. The summed E-state index contributed by atoms with van der Waals surface area (Å²) in [5.74, 6) is 1.93. The fraction of sp³-hybridized carbons (Fsp3) is 0.692. The van der Waals surface area contributed by atoms with E-state index in [-0.39, 0.29) is 11.5 Å².